The monoisotopic (exact) mass is 268 g/mol. The van der Waals surface area contributed by atoms with Gasteiger partial charge in [-0.2, -0.15) is 13.2 Å². The van der Waals surface area contributed by atoms with Crippen molar-refractivity contribution in [3.8, 4) is 0 Å². The van der Waals surface area contributed by atoms with Crippen LogP contribution in [-0.2, 0) is 9.53 Å². The van der Waals surface area contributed by atoms with Crippen LogP contribution >= 0.6 is 0 Å². The van der Waals surface area contributed by atoms with Crippen LogP contribution in [0.15, 0.2) is 0 Å². The van der Waals surface area contributed by atoms with Crippen LogP contribution in [0, 0.1) is 5.92 Å². The first-order chi connectivity index (χ1) is 8.43. The van der Waals surface area contributed by atoms with E-state index in [4.69, 9.17) is 0 Å². The molecule has 0 aromatic rings. The molecule has 108 valence electrons. The van der Waals surface area contributed by atoms with Gasteiger partial charge >= 0.3 is 12.1 Å². The van der Waals surface area contributed by atoms with E-state index >= 15 is 0 Å². The highest BCUT2D eigenvalue weighted by Crippen LogP contribution is 2.31. The Bertz CT molecular complexity index is 227. The number of alkyl halides is 3. The van der Waals surface area contributed by atoms with Crippen molar-refractivity contribution in [1.82, 2.24) is 0 Å². The van der Waals surface area contributed by atoms with Crippen LogP contribution < -0.4 is 0 Å². The van der Waals surface area contributed by atoms with Crippen LogP contribution in [0.2, 0.25) is 0 Å². The molecule has 0 fully saturated rings. The SMILES string of the molecule is CCCCCCC(C(=O)OCCCC)C(F)(F)F. The summed E-state index contributed by atoms with van der Waals surface area (Å²) in [4.78, 5) is 11.4. The summed E-state index contributed by atoms with van der Waals surface area (Å²) in [6.07, 6.45) is -0.254. The third kappa shape index (κ3) is 7.56. The van der Waals surface area contributed by atoms with Gasteiger partial charge in [-0.15, -0.1) is 0 Å². The normalized spacial score (nSPS) is 13.4. The lowest BCUT2D eigenvalue weighted by Crippen LogP contribution is -2.32. The Kier molecular flexibility index (Phi) is 8.85. The van der Waals surface area contributed by atoms with E-state index in [0.29, 0.717) is 12.8 Å². The topological polar surface area (TPSA) is 26.3 Å². The maximum Gasteiger partial charge on any atom is 0.402 e. The van der Waals surface area contributed by atoms with Gasteiger partial charge in [0.1, 0.15) is 0 Å². The van der Waals surface area contributed by atoms with E-state index in [0.717, 1.165) is 25.7 Å². The molecule has 0 saturated heterocycles. The molecule has 5 heteroatoms. The standard InChI is InChI=1S/C13H23F3O2/c1-3-5-7-8-9-11(13(14,15)16)12(17)18-10-6-4-2/h11H,3-10H2,1-2H3. The molecule has 0 aliphatic carbocycles. The number of esters is 1. The number of carbonyl (C=O) groups is 1. The third-order valence-corrected chi connectivity index (χ3v) is 2.77. The average Bonchev–Trinajstić information content (AvgIpc) is 2.27. The molecule has 0 bridgehead atoms. The summed E-state index contributed by atoms with van der Waals surface area (Å²) < 4.78 is 42.7. The molecule has 0 saturated carbocycles. The van der Waals surface area contributed by atoms with Gasteiger partial charge < -0.3 is 4.74 Å². The Morgan fingerprint density at radius 1 is 1.06 bits per heavy atom. The third-order valence-electron chi connectivity index (χ3n) is 2.77. The largest absolute Gasteiger partial charge is 0.465 e. The molecule has 0 spiro atoms. The van der Waals surface area contributed by atoms with E-state index in [1.165, 1.54) is 0 Å². The Hall–Kier alpha value is -0.740. The molecular formula is C13H23F3O2. The zero-order valence-corrected chi connectivity index (χ0v) is 11.2. The Morgan fingerprint density at radius 3 is 2.17 bits per heavy atom. The second-order valence-electron chi connectivity index (χ2n) is 4.46. The fraction of sp³-hybridized carbons (Fsp3) is 0.923. The smallest absolute Gasteiger partial charge is 0.402 e. The van der Waals surface area contributed by atoms with Gasteiger partial charge in [0, 0.05) is 0 Å². The maximum absolute atomic E-state index is 12.7. The van der Waals surface area contributed by atoms with E-state index in [-0.39, 0.29) is 13.0 Å². The quantitative estimate of drug-likeness (QED) is 0.455. The van der Waals surface area contributed by atoms with Gasteiger partial charge in [0.15, 0.2) is 5.92 Å². The van der Waals surface area contributed by atoms with Gasteiger partial charge in [-0.25, -0.2) is 0 Å². The maximum atomic E-state index is 12.7. The van der Waals surface area contributed by atoms with Crippen molar-refractivity contribution in [2.45, 2.75) is 65.0 Å². The fourth-order valence-corrected chi connectivity index (χ4v) is 1.61. The minimum atomic E-state index is -4.49. The summed E-state index contributed by atoms with van der Waals surface area (Å²) >= 11 is 0. The Balaban J connectivity index is 4.18. The van der Waals surface area contributed by atoms with Crippen molar-refractivity contribution >= 4 is 5.97 Å². The number of halogens is 3. The Labute approximate surface area is 107 Å². The molecule has 0 rings (SSSR count). The van der Waals surface area contributed by atoms with Crippen LogP contribution in [0.4, 0.5) is 13.2 Å². The molecule has 0 N–H and O–H groups in total. The first kappa shape index (κ1) is 17.3. The summed E-state index contributed by atoms with van der Waals surface area (Å²) in [5, 5.41) is 0. The molecule has 0 aromatic carbocycles. The van der Waals surface area contributed by atoms with Gasteiger partial charge in [-0.1, -0.05) is 46.0 Å². The van der Waals surface area contributed by atoms with Crippen molar-refractivity contribution in [3.05, 3.63) is 0 Å². The molecule has 0 amide bonds. The molecule has 18 heavy (non-hydrogen) atoms. The highest BCUT2D eigenvalue weighted by molar-refractivity contribution is 5.73. The van der Waals surface area contributed by atoms with E-state index in [1.807, 2.05) is 13.8 Å². The van der Waals surface area contributed by atoms with Gasteiger partial charge in [0.2, 0.25) is 0 Å². The van der Waals surface area contributed by atoms with E-state index in [2.05, 4.69) is 4.74 Å². The lowest BCUT2D eigenvalue weighted by Gasteiger charge is -2.18. The van der Waals surface area contributed by atoms with Crippen LogP contribution in [0.25, 0.3) is 0 Å². The number of carbonyl (C=O) groups excluding carboxylic acids is 1. The van der Waals surface area contributed by atoms with Crippen molar-refractivity contribution < 1.29 is 22.7 Å². The zero-order valence-electron chi connectivity index (χ0n) is 11.2. The molecule has 0 aromatic heterocycles. The van der Waals surface area contributed by atoms with E-state index < -0.39 is 18.1 Å². The first-order valence-electron chi connectivity index (χ1n) is 6.66. The molecule has 1 atom stereocenters. The second-order valence-corrected chi connectivity index (χ2v) is 4.46. The lowest BCUT2D eigenvalue weighted by molar-refractivity contribution is -0.199. The van der Waals surface area contributed by atoms with Crippen LogP contribution in [-0.4, -0.2) is 18.8 Å². The highest BCUT2D eigenvalue weighted by atomic mass is 19.4. The number of unbranched alkanes of at least 4 members (excludes halogenated alkanes) is 4. The van der Waals surface area contributed by atoms with Crippen molar-refractivity contribution in [1.29, 1.82) is 0 Å². The molecule has 0 aliphatic heterocycles. The average molecular weight is 268 g/mol. The number of hydrogen-bond donors (Lipinski definition) is 0. The lowest BCUT2D eigenvalue weighted by atomic mass is 10.0. The molecule has 0 aliphatic rings. The highest BCUT2D eigenvalue weighted by Gasteiger charge is 2.45. The summed E-state index contributed by atoms with van der Waals surface area (Å²) in [7, 11) is 0. The summed E-state index contributed by atoms with van der Waals surface area (Å²) in [5.41, 5.74) is 0. The van der Waals surface area contributed by atoms with Crippen molar-refractivity contribution in [3.63, 3.8) is 0 Å². The van der Waals surface area contributed by atoms with Gasteiger partial charge in [-0.3, -0.25) is 4.79 Å². The summed E-state index contributed by atoms with van der Waals surface area (Å²) in [6.45, 7) is 3.96. The minimum Gasteiger partial charge on any atom is -0.465 e. The summed E-state index contributed by atoms with van der Waals surface area (Å²) in [6, 6.07) is 0. The second kappa shape index (κ2) is 9.22. The fourth-order valence-electron chi connectivity index (χ4n) is 1.61. The van der Waals surface area contributed by atoms with Gasteiger partial charge in [-0.05, 0) is 12.8 Å². The van der Waals surface area contributed by atoms with Gasteiger partial charge in [0.05, 0.1) is 6.61 Å². The van der Waals surface area contributed by atoms with Crippen molar-refractivity contribution in [2.75, 3.05) is 6.61 Å². The van der Waals surface area contributed by atoms with Gasteiger partial charge in [0.25, 0.3) is 0 Å². The van der Waals surface area contributed by atoms with Crippen LogP contribution in [0.3, 0.4) is 0 Å². The van der Waals surface area contributed by atoms with Crippen LogP contribution in [0.1, 0.15) is 58.8 Å². The van der Waals surface area contributed by atoms with E-state index in [9.17, 15) is 18.0 Å². The summed E-state index contributed by atoms with van der Waals surface area (Å²) in [5.74, 6) is -3.07. The first-order valence-corrected chi connectivity index (χ1v) is 6.66. The predicted molar refractivity (Wildman–Crippen MR) is 64.2 cm³/mol. The number of hydrogen-bond acceptors (Lipinski definition) is 2. The molecule has 0 heterocycles. The zero-order chi connectivity index (χ0) is 14.0. The molecule has 0 radical (unpaired) electrons. The van der Waals surface area contributed by atoms with E-state index in [1.54, 1.807) is 0 Å². The predicted octanol–water partition coefficient (Wildman–Crippen LogP) is 4.48. The molecule has 2 nitrogen and oxygen atoms in total. The minimum absolute atomic E-state index is 0.0802. The van der Waals surface area contributed by atoms with Crippen LogP contribution in [0.5, 0.6) is 0 Å². The number of rotatable bonds is 9. The molecular weight excluding hydrogens is 245 g/mol. The molecule has 1 unspecified atom stereocenters. The number of ether oxygens (including phenoxy) is 1. The van der Waals surface area contributed by atoms with Crippen molar-refractivity contribution in [2.24, 2.45) is 5.92 Å². The Morgan fingerprint density at radius 2 is 1.67 bits per heavy atom.